The molecule has 12 nitrogen and oxygen atoms in total. The van der Waals surface area contributed by atoms with E-state index in [0.29, 0.717) is 55.2 Å². The third kappa shape index (κ3) is 4.49. The summed E-state index contributed by atoms with van der Waals surface area (Å²) in [6, 6.07) is 8.87. The molecule has 3 fully saturated rings. The number of hydrogen-bond donors (Lipinski definition) is 0. The van der Waals surface area contributed by atoms with Crippen LogP contribution in [0.1, 0.15) is 25.6 Å². The topological polar surface area (TPSA) is 121 Å². The fraction of sp³-hybridized carbons (Fsp3) is 0.556. The molecule has 3 aliphatic rings. The molecule has 13 heteroatoms. The number of para-hydroxylation sites is 2. The number of aromatic nitrogens is 6. The van der Waals surface area contributed by atoms with Crippen LogP contribution in [0.5, 0.6) is 6.01 Å². The minimum Gasteiger partial charge on any atom is -0.459 e. The van der Waals surface area contributed by atoms with E-state index in [1.54, 1.807) is 0 Å². The van der Waals surface area contributed by atoms with Gasteiger partial charge in [-0.2, -0.15) is 15.0 Å². The third-order valence-corrected chi connectivity index (χ3v) is 10.0. The van der Waals surface area contributed by atoms with Crippen molar-refractivity contribution in [3.63, 3.8) is 0 Å². The molecule has 0 amide bonds. The molecule has 4 aromatic rings. The summed E-state index contributed by atoms with van der Waals surface area (Å²) in [5, 5.41) is 0. The zero-order valence-corrected chi connectivity index (χ0v) is 23.7. The first kappa shape index (κ1) is 25.7. The second kappa shape index (κ2) is 9.96. The van der Waals surface area contributed by atoms with Crippen molar-refractivity contribution < 1.29 is 17.9 Å². The lowest BCUT2D eigenvalue weighted by atomic mass is 10.0. The van der Waals surface area contributed by atoms with Gasteiger partial charge in [0.15, 0.2) is 17.0 Å². The van der Waals surface area contributed by atoms with E-state index in [4.69, 9.17) is 29.4 Å². The number of aryl methyl sites for hydroxylation is 2. The first-order chi connectivity index (χ1) is 19.4. The molecule has 40 heavy (non-hydrogen) atoms. The SMILES string of the molecule is CCc1nc2ccccc2n1-c1nc(N2CCOCC2)c2nc(OC3CN(C4CCS(=O)(=O)CC4)C3)n(C)c2n1. The smallest absolute Gasteiger partial charge is 0.298 e. The molecule has 0 spiro atoms. The molecule has 0 unspecified atom stereocenters. The van der Waals surface area contributed by atoms with Crippen molar-refractivity contribution in [2.24, 2.45) is 7.05 Å². The van der Waals surface area contributed by atoms with Crippen LogP contribution in [0.4, 0.5) is 5.82 Å². The highest BCUT2D eigenvalue weighted by molar-refractivity contribution is 7.91. The van der Waals surface area contributed by atoms with Crippen molar-refractivity contribution in [2.75, 3.05) is 55.8 Å². The van der Waals surface area contributed by atoms with Gasteiger partial charge in [0, 0.05) is 45.7 Å². The lowest BCUT2D eigenvalue weighted by Gasteiger charge is -2.44. The highest BCUT2D eigenvalue weighted by Crippen LogP contribution is 2.32. The van der Waals surface area contributed by atoms with E-state index < -0.39 is 9.84 Å². The van der Waals surface area contributed by atoms with Gasteiger partial charge in [-0.1, -0.05) is 19.1 Å². The van der Waals surface area contributed by atoms with Crippen LogP contribution in [0.25, 0.3) is 28.1 Å². The molecule has 0 saturated carbocycles. The van der Waals surface area contributed by atoms with Gasteiger partial charge in [-0.05, 0) is 25.0 Å². The first-order valence-corrected chi connectivity index (χ1v) is 15.9. The second-order valence-electron chi connectivity index (χ2n) is 10.9. The summed E-state index contributed by atoms with van der Waals surface area (Å²) in [4.78, 5) is 24.4. The van der Waals surface area contributed by atoms with Crippen LogP contribution < -0.4 is 9.64 Å². The van der Waals surface area contributed by atoms with Crippen molar-refractivity contribution >= 4 is 37.9 Å². The molecular weight excluding hydrogens is 532 g/mol. The van der Waals surface area contributed by atoms with Gasteiger partial charge >= 0.3 is 0 Å². The molecule has 3 aromatic heterocycles. The Morgan fingerprint density at radius 1 is 1.02 bits per heavy atom. The zero-order valence-electron chi connectivity index (χ0n) is 22.9. The molecule has 3 aliphatic heterocycles. The summed E-state index contributed by atoms with van der Waals surface area (Å²) in [5.74, 6) is 2.80. The molecule has 6 heterocycles. The summed E-state index contributed by atoms with van der Waals surface area (Å²) < 4.78 is 39.6. The largest absolute Gasteiger partial charge is 0.459 e. The van der Waals surface area contributed by atoms with Gasteiger partial charge in [-0.3, -0.25) is 14.0 Å². The van der Waals surface area contributed by atoms with Gasteiger partial charge in [0.25, 0.3) is 6.01 Å². The van der Waals surface area contributed by atoms with E-state index in [1.165, 1.54) is 0 Å². The van der Waals surface area contributed by atoms with Crippen molar-refractivity contribution in [3.05, 3.63) is 30.1 Å². The van der Waals surface area contributed by atoms with E-state index in [9.17, 15) is 8.42 Å². The second-order valence-corrected chi connectivity index (χ2v) is 13.2. The summed E-state index contributed by atoms with van der Waals surface area (Å²) in [6.07, 6.45) is 2.14. The fourth-order valence-corrected chi connectivity index (χ4v) is 7.45. The summed E-state index contributed by atoms with van der Waals surface area (Å²) in [6.45, 7) is 6.32. The van der Waals surface area contributed by atoms with Gasteiger partial charge in [0.05, 0.1) is 35.8 Å². The summed E-state index contributed by atoms with van der Waals surface area (Å²) in [5.41, 5.74) is 3.29. The van der Waals surface area contributed by atoms with Crippen LogP contribution in [0, 0.1) is 0 Å². The molecule has 0 bridgehead atoms. The number of nitrogens with zero attached hydrogens (tertiary/aromatic N) is 8. The number of sulfone groups is 1. The molecule has 7 rings (SSSR count). The number of benzene rings is 1. The predicted octanol–water partition coefficient (Wildman–Crippen LogP) is 1.74. The highest BCUT2D eigenvalue weighted by Gasteiger charge is 2.37. The van der Waals surface area contributed by atoms with Gasteiger partial charge < -0.3 is 14.4 Å². The monoisotopic (exact) mass is 566 g/mol. The van der Waals surface area contributed by atoms with Crippen LogP contribution in [-0.2, 0) is 28.0 Å². The number of imidazole rings is 2. The Bertz CT molecular complexity index is 1660. The molecule has 0 atom stereocenters. The van der Waals surface area contributed by atoms with Gasteiger partial charge in [0.1, 0.15) is 21.8 Å². The maximum atomic E-state index is 11.8. The average Bonchev–Trinajstić information content (AvgIpc) is 3.48. The van der Waals surface area contributed by atoms with Crippen LogP contribution in [0.3, 0.4) is 0 Å². The summed E-state index contributed by atoms with van der Waals surface area (Å²) in [7, 11) is -0.937. The standard InChI is InChI=1S/C27H34N8O4S/c1-3-22-28-20-6-4-5-7-21(20)35(22)26-30-24-23(25(31-26)33-10-12-38-13-11-33)29-27(32(24)2)39-19-16-34(17-19)18-8-14-40(36,37)15-9-18/h4-7,18-19H,3,8-17H2,1-2H3. The Balaban J connectivity index is 1.22. The van der Waals surface area contributed by atoms with Gasteiger partial charge in [0.2, 0.25) is 5.95 Å². The maximum Gasteiger partial charge on any atom is 0.298 e. The van der Waals surface area contributed by atoms with Crippen LogP contribution in [0.15, 0.2) is 24.3 Å². The average molecular weight is 567 g/mol. The van der Waals surface area contributed by atoms with E-state index in [1.807, 2.05) is 40.4 Å². The number of likely N-dealkylation sites (tertiary alicyclic amines) is 1. The predicted molar refractivity (Wildman–Crippen MR) is 151 cm³/mol. The Kier molecular flexibility index (Phi) is 6.39. The van der Waals surface area contributed by atoms with Gasteiger partial charge in [-0.15, -0.1) is 0 Å². The zero-order chi connectivity index (χ0) is 27.4. The quantitative estimate of drug-likeness (QED) is 0.341. The molecule has 0 radical (unpaired) electrons. The number of fused-ring (bicyclic) bond motifs is 2. The maximum absolute atomic E-state index is 11.8. The first-order valence-electron chi connectivity index (χ1n) is 14.0. The minimum atomic E-state index is -2.87. The molecular formula is C27H34N8O4S. The molecule has 0 N–H and O–H groups in total. The molecule has 1 aromatic carbocycles. The van der Waals surface area contributed by atoms with Crippen molar-refractivity contribution in [3.8, 4) is 12.0 Å². The van der Waals surface area contributed by atoms with Gasteiger partial charge in [-0.25, -0.2) is 13.4 Å². The number of ether oxygens (including phenoxy) is 2. The van der Waals surface area contributed by atoms with Crippen molar-refractivity contribution in [1.82, 2.24) is 34.0 Å². The Hall–Kier alpha value is -3.29. The molecule has 212 valence electrons. The third-order valence-electron chi connectivity index (χ3n) is 8.29. The fourth-order valence-electron chi connectivity index (χ4n) is 5.99. The van der Waals surface area contributed by atoms with E-state index >= 15 is 0 Å². The lowest BCUT2D eigenvalue weighted by molar-refractivity contribution is -0.0172. The summed E-state index contributed by atoms with van der Waals surface area (Å²) >= 11 is 0. The van der Waals surface area contributed by atoms with E-state index in [-0.39, 0.29) is 17.6 Å². The van der Waals surface area contributed by atoms with Crippen LogP contribution in [0.2, 0.25) is 0 Å². The van der Waals surface area contributed by atoms with E-state index in [2.05, 4.69) is 16.7 Å². The lowest BCUT2D eigenvalue weighted by Crippen LogP contribution is -2.59. The minimum absolute atomic E-state index is 0.00222. The van der Waals surface area contributed by atoms with E-state index in [0.717, 1.165) is 55.3 Å². The van der Waals surface area contributed by atoms with Crippen LogP contribution in [-0.4, -0.2) is 105 Å². The number of rotatable bonds is 6. The Morgan fingerprint density at radius 2 is 1.77 bits per heavy atom. The van der Waals surface area contributed by atoms with Crippen LogP contribution >= 0.6 is 0 Å². The number of morpholine rings is 1. The molecule has 3 saturated heterocycles. The normalized spacial score (nSPS) is 20.8. The Morgan fingerprint density at radius 3 is 2.52 bits per heavy atom. The number of hydrogen-bond acceptors (Lipinski definition) is 10. The van der Waals surface area contributed by atoms with Crippen molar-refractivity contribution in [2.45, 2.75) is 38.3 Å². The number of anilines is 1. The Labute approximate surface area is 232 Å². The van der Waals surface area contributed by atoms with Crippen molar-refractivity contribution in [1.29, 1.82) is 0 Å². The molecule has 0 aliphatic carbocycles. The highest BCUT2D eigenvalue weighted by atomic mass is 32.2.